The number of hydrazone groups is 1. The van der Waals surface area contributed by atoms with Gasteiger partial charge in [-0.1, -0.05) is 36.4 Å². The lowest BCUT2D eigenvalue weighted by molar-refractivity contribution is 0.0949. The number of rotatable bonds is 6. The molecule has 1 amide bonds. The summed E-state index contributed by atoms with van der Waals surface area (Å²) in [5.74, 6) is -0.269. The molecule has 4 rings (SSSR count). The number of hydrogen-bond acceptors (Lipinski definition) is 4. The second-order valence-corrected chi connectivity index (χ2v) is 7.05. The van der Waals surface area contributed by atoms with E-state index in [-0.39, 0.29) is 5.91 Å². The number of aromatic nitrogens is 2. The van der Waals surface area contributed by atoms with Crippen molar-refractivity contribution in [2.45, 2.75) is 26.7 Å². The molecule has 3 aromatic rings. The highest BCUT2D eigenvalue weighted by molar-refractivity contribution is 5.96. The third-order valence-electron chi connectivity index (χ3n) is 5.41. The number of fused-ring (bicyclic) bond motifs is 3. The lowest BCUT2D eigenvalue weighted by Crippen LogP contribution is -2.21. The maximum absolute atomic E-state index is 12.6. The minimum atomic E-state index is -0.269. The van der Waals surface area contributed by atoms with Crippen LogP contribution in [0.5, 0.6) is 0 Å². The largest absolute Gasteiger partial charge is 0.372 e. The number of carbonyl (C=O) groups is 1. The highest BCUT2D eigenvalue weighted by atomic mass is 16.2. The van der Waals surface area contributed by atoms with Gasteiger partial charge in [0, 0.05) is 29.9 Å². The molecule has 0 atom stereocenters. The van der Waals surface area contributed by atoms with Gasteiger partial charge in [0.2, 0.25) is 0 Å². The van der Waals surface area contributed by atoms with Crippen molar-refractivity contribution in [2.24, 2.45) is 5.10 Å². The van der Waals surface area contributed by atoms with E-state index < -0.39 is 0 Å². The summed E-state index contributed by atoms with van der Waals surface area (Å²) in [5.41, 5.74) is 9.41. The average molecular weight is 387 g/mol. The minimum Gasteiger partial charge on any atom is -0.372 e. The summed E-state index contributed by atoms with van der Waals surface area (Å²) in [4.78, 5) is 14.9. The Morgan fingerprint density at radius 1 is 1.14 bits per heavy atom. The molecule has 1 aliphatic rings. The zero-order valence-corrected chi connectivity index (χ0v) is 16.8. The molecule has 1 aliphatic carbocycles. The van der Waals surface area contributed by atoms with E-state index in [0.717, 1.165) is 48.3 Å². The Balaban J connectivity index is 1.44. The van der Waals surface area contributed by atoms with E-state index in [9.17, 15) is 4.79 Å². The maximum atomic E-state index is 12.6. The standard InChI is InChI=1S/C23H25N5O/c1-3-28(4-2)18-12-9-16(10-13-18)15-24-27-23(29)22-20-14-11-17-7-5-6-8-19(17)21(20)25-26-22/h5-10,12-13,15H,3-4,11,14H2,1-2H3,(H,25,26)(H,27,29). The Morgan fingerprint density at radius 3 is 2.66 bits per heavy atom. The molecule has 0 fully saturated rings. The lowest BCUT2D eigenvalue weighted by atomic mass is 9.89. The summed E-state index contributed by atoms with van der Waals surface area (Å²) >= 11 is 0. The van der Waals surface area contributed by atoms with Crippen LogP contribution < -0.4 is 10.3 Å². The highest BCUT2D eigenvalue weighted by Crippen LogP contribution is 2.33. The van der Waals surface area contributed by atoms with Crippen LogP contribution in [0.15, 0.2) is 53.6 Å². The second kappa shape index (κ2) is 8.31. The summed E-state index contributed by atoms with van der Waals surface area (Å²) in [6, 6.07) is 16.3. The van der Waals surface area contributed by atoms with Crippen LogP contribution in [0.2, 0.25) is 0 Å². The van der Waals surface area contributed by atoms with Gasteiger partial charge < -0.3 is 4.90 Å². The van der Waals surface area contributed by atoms with Crippen molar-refractivity contribution in [3.63, 3.8) is 0 Å². The van der Waals surface area contributed by atoms with Crippen molar-refractivity contribution in [1.29, 1.82) is 0 Å². The SMILES string of the molecule is CCN(CC)c1ccc(C=NNC(=O)c2[nH]nc3c2CCc2ccccc2-3)cc1. The zero-order valence-electron chi connectivity index (χ0n) is 16.8. The Labute approximate surface area is 170 Å². The second-order valence-electron chi connectivity index (χ2n) is 7.05. The van der Waals surface area contributed by atoms with Gasteiger partial charge in [-0.2, -0.15) is 10.2 Å². The number of nitrogens with zero attached hydrogens (tertiary/aromatic N) is 3. The van der Waals surface area contributed by atoms with Crippen LogP contribution in [0.4, 0.5) is 5.69 Å². The van der Waals surface area contributed by atoms with Gasteiger partial charge in [0.25, 0.3) is 5.91 Å². The minimum absolute atomic E-state index is 0.269. The molecule has 148 valence electrons. The van der Waals surface area contributed by atoms with Gasteiger partial charge in [-0.05, 0) is 49.9 Å². The molecule has 0 bridgehead atoms. The van der Waals surface area contributed by atoms with Crippen molar-refractivity contribution in [3.8, 4) is 11.3 Å². The Hall–Kier alpha value is -3.41. The summed E-state index contributed by atoms with van der Waals surface area (Å²) in [6.07, 6.45) is 3.36. The van der Waals surface area contributed by atoms with Crippen molar-refractivity contribution < 1.29 is 4.79 Å². The van der Waals surface area contributed by atoms with Gasteiger partial charge in [-0.3, -0.25) is 9.89 Å². The van der Waals surface area contributed by atoms with Crippen LogP contribution in [-0.2, 0) is 12.8 Å². The molecule has 6 nitrogen and oxygen atoms in total. The first-order valence-corrected chi connectivity index (χ1v) is 10.0. The van der Waals surface area contributed by atoms with E-state index >= 15 is 0 Å². The van der Waals surface area contributed by atoms with Gasteiger partial charge in [-0.15, -0.1) is 0 Å². The molecule has 2 aromatic carbocycles. The molecule has 29 heavy (non-hydrogen) atoms. The van der Waals surface area contributed by atoms with Crippen LogP contribution in [-0.4, -0.2) is 35.4 Å². The summed E-state index contributed by atoms with van der Waals surface area (Å²) in [7, 11) is 0. The first-order chi connectivity index (χ1) is 14.2. The number of anilines is 1. The summed E-state index contributed by atoms with van der Waals surface area (Å²) < 4.78 is 0. The predicted octanol–water partition coefficient (Wildman–Crippen LogP) is 3.79. The Morgan fingerprint density at radius 2 is 1.90 bits per heavy atom. The fraction of sp³-hybridized carbons (Fsp3) is 0.261. The molecule has 1 aromatic heterocycles. The number of nitrogens with one attached hydrogen (secondary N) is 2. The van der Waals surface area contributed by atoms with E-state index in [0.29, 0.717) is 5.69 Å². The smallest absolute Gasteiger partial charge is 0.289 e. The van der Waals surface area contributed by atoms with Crippen LogP contribution >= 0.6 is 0 Å². The molecule has 0 saturated carbocycles. The topological polar surface area (TPSA) is 73.4 Å². The third-order valence-corrected chi connectivity index (χ3v) is 5.41. The van der Waals surface area contributed by atoms with E-state index in [1.54, 1.807) is 6.21 Å². The van der Waals surface area contributed by atoms with Gasteiger partial charge in [0.15, 0.2) is 0 Å². The summed E-state index contributed by atoms with van der Waals surface area (Å²) in [6.45, 7) is 6.22. The van der Waals surface area contributed by atoms with Crippen LogP contribution in [0.25, 0.3) is 11.3 Å². The number of benzene rings is 2. The number of amides is 1. The van der Waals surface area contributed by atoms with Crippen LogP contribution in [0.3, 0.4) is 0 Å². The molecule has 0 saturated heterocycles. The Kier molecular flexibility index (Phi) is 5.42. The number of hydrogen-bond donors (Lipinski definition) is 2. The molecule has 0 spiro atoms. The molecule has 0 radical (unpaired) electrons. The predicted molar refractivity (Wildman–Crippen MR) is 116 cm³/mol. The monoisotopic (exact) mass is 387 g/mol. The maximum Gasteiger partial charge on any atom is 0.289 e. The number of carbonyl (C=O) groups excluding carboxylic acids is 1. The quantitative estimate of drug-likeness (QED) is 0.499. The van der Waals surface area contributed by atoms with Crippen molar-refractivity contribution >= 4 is 17.8 Å². The molecule has 1 heterocycles. The van der Waals surface area contributed by atoms with Gasteiger partial charge >= 0.3 is 0 Å². The number of aryl methyl sites for hydroxylation is 1. The van der Waals surface area contributed by atoms with Crippen molar-refractivity contribution in [3.05, 3.63) is 70.9 Å². The van der Waals surface area contributed by atoms with E-state index in [2.05, 4.69) is 63.7 Å². The van der Waals surface area contributed by atoms with Crippen molar-refractivity contribution in [1.82, 2.24) is 15.6 Å². The third kappa shape index (κ3) is 3.78. The van der Waals surface area contributed by atoms with Gasteiger partial charge in [0.05, 0.1) is 11.9 Å². The zero-order chi connectivity index (χ0) is 20.2. The van der Waals surface area contributed by atoms with Gasteiger partial charge in [-0.25, -0.2) is 5.43 Å². The van der Waals surface area contributed by atoms with E-state index in [1.807, 2.05) is 24.3 Å². The van der Waals surface area contributed by atoms with E-state index in [4.69, 9.17) is 0 Å². The Bertz CT molecular complexity index is 1030. The van der Waals surface area contributed by atoms with E-state index in [1.165, 1.54) is 11.3 Å². The van der Waals surface area contributed by atoms with Crippen molar-refractivity contribution in [2.75, 3.05) is 18.0 Å². The van der Waals surface area contributed by atoms with Gasteiger partial charge in [0.1, 0.15) is 5.69 Å². The molecule has 0 unspecified atom stereocenters. The fourth-order valence-corrected chi connectivity index (χ4v) is 3.83. The fourth-order valence-electron chi connectivity index (χ4n) is 3.83. The average Bonchev–Trinajstić information content (AvgIpc) is 3.20. The molecular formula is C23H25N5O. The molecular weight excluding hydrogens is 362 g/mol. The lowest BCUT2D eigenvalue weighted by Gasteiger charge is -2.20. The number of aromatic amines is 1. The summed E-state index contributed by atoms with van der Waals surface area (Å²) in [5, 5.41) is 11.4. The molecule has 2 N–H and O–H groups in total. The first-order valence-electron chi connectivity index (χ1n) is 10.0. The highest BCUT2D eigenvalue weighted by Gasteiger charge is 2.24. The molecule has 0 aliphatic heterocycles. The van der Waals surface area contributed by atoms with Crippen LogP contribution in [0, 0.1) is 0 Å². The van der Waals surface area contributed by atoms with Crippen LogP contribution in [0.1, 0.15) is 41.0 Å². The first kappa shape index (κ1) is 18.9. The normalized spacial score (nSPS) is 12.5. The molecule has 6 heteroatoms. The number of H-pyrrole nitrogens is 1.